The number of primary amides is 1. The number of benzene rings is 2. The maximum Gasteiger partial charge on any atom is 0.244 e. The van der Waals surface area contributed by atoms with Crippen LogP contribution in [0.5, 0.6) is 0 Å². The van der Waals surface area contributed by atoms with Crippen LogP contribution < -0.4 is 22.1 Å². The number of fused-ring (bicyclic) bond motifs is 2. The van der Waals surface area contributed by atoms with Crippen molar-refractivity contribution in [2.75, 3.05) is 6.54 Å². The van der Waals surface area contributed by atoms with Crippen molar-refractivity contribution in [2.45, 2.75) is 62.9 Å². The minimum absolute atomic E-state index is 0.0513. The van der Waals surface area contributed by atoms with Gasteiger partial charge >= 0.3 is 0 Å². The molecule has 1 aliphatic heterocycles. The number of carbonyl (C=O) groups excluding carboxylic acids is 4. The molecule has 1 aromatic heterocycles. The fourth-order valence-corrected chi connectivity index (χ4v) is 6.52. The van der Waals surface area contributed by atoms with E-state index in [0.29, 0.717) is 12.1 Å². The summed E-state index contributed by atoms with van der Waals surface area (Å²) in [4.78, 5) is 58.0. The highest BCUT2D eigenvalue weighted by molar-refractivity contribution is 5.96. The zero-order valence-electron chi connectivity index (χ0n) is 23.5. The summed E-state index contributed by atoms with van der Waals surface area (Å²) in [6.45, 7) is 1.77. The molecule has 7 atom stereocenters. The van der Waals surface area contributed by atoms with Crippen molar-refractivity contribution < 1.29 is 24.3 Å². The third kappa shape index (κ3) is 5.88. The molecule has 1 saturated carbocycles. The smallest absolute Gasteiger partial charge is 0.244 e. The number of nitrogens with two attached hydrogens (primary N) is 2. The molecule has 3 aromatic rings. The number of aromatic nitrogens is 1. The number of nitrogens with one attached hydrogen (secondary N) is 3. The summed E-state index contributed by atoms with van der Waals surface area (Å²) < 4.78 is 0. The summed E-state index contributed by atoms with van der Waals surface area (Å²) in [5, 5.41) is 16.3. The normalized spacial score (nSPS) is 22.6. The van der Waals surface area contributed by atoms with E-state index in [4.69, 9.17) is 11.5 Å². The number of amides is 4. The monoisotopic (exact) mass is 574 g/mol. The van der Waals surface area contributed by atoms with Gasteiger partial charge in [0.2, 0.25) is 23.6 Å². The largest absolute Gasteiger partial charge is 0.391 e. The highest BCUT2D eigenvalue weighted by atomic mass is 16.3. The minimum Gasteiger partial charge on any atom is -0.391 e. The quantitative estimate of drug-likeness (QED) is 0.209. The van der Waals surface area contributed by atoms with Crippen LogP contribution in [0.15, 0.2) is 60.8 Å². The van der Waals surface area contributed by atoms with Gasteiger partial charge in [-0.3, -0.25) is 19.2 Å². The van der Waals surface area contributed by atoms with Crippen molar-refractivity contribution >= 4 is 34.5 Å². The van der Waals surface area contributed by atoms with Crippen LogP contribution in [0.4, 0.5) is 0 Å². The van der Waals surface area contributed by atoms with Crippen molar-refractivity contribution in [1.82, 2.24) is 20.5 Å². The number of carbonyl (C=O) groups is 4. The summed E-state index contributed by atoms with van der Waals surface area (Å²) in [5.41, 5.74) is 14.1. The Balaban J connectivity index is 1.42. The molecule has 1 saturated heterocycles. The van der Waals surface area contributed by atoms with Crippen LogP contribution >= 0.6 is 0 Å². The minimum atomic E-state index is -1.34. The number of hydrogen-bond acceptors (Lipinski definition) is 6. The Morgan fingerprint density at radius 2 is 1.76 bits per heavy atom. The number of para-hydroxylation sites is 1. The maximum absolute atomic E-state index is 14.0. The number of likely N-dealkylation sites (tertiary alicyclic amines) is 1. The van der Waals surface area contributed by atoms with E-state index in [1.807, 2.05) is 42.5 Å². The van der Waals surface area contributed by atoms with Crippen LogP contribution in [0.2, 0.25) is 0 Å². The summed E-state index contributed by atoms with van der Waals surface area (Å²) in [6, 6.07) is 12.4. The van der Waals surface area contributed by atoms with E-state index in [9.17, 15) is 24.3 Å². The lowest BCUT2D eigenvalue weighted by atomic mass is 9.92. The molecule has 2 aromatic carbocycles. The first-order valence-electron chi connectivity index (χ1n) is 14.4. The molecule has 42 heavy (non-hydrogen) atoms. The van der Waals surface area contributed by atoms with Crippen LogP contribution in [0.1, 0.15) is 43.4 Å². The van der Waals surface area contributed by atoms with Gasteiger partial charge in [0, 0.05) is 30.1 Å². The van der Waals surface area contributed by atoms with Gasteiger partial charge in [-0.2, -0.15) is 0 Å². The second-order valence-electron chi connectivity index (χ2n) is 11.4. The maximum atomic E-state index is 14.0. The highest BCUT2D eigenvalue weighted by Crippen LogP contribution is 2.43. The van der Waals surface area contributed by atoms with E-state index in [1.54, 1.807) is 23.2 Å². The standard InChI is InChI=1S/C31H38N6O5/c1-17(38)26(28(33)39)36-29(40)24(14-20-15-34-23-13-6-5-11-21(20)23)35-30(41)27-22-12-7-10-19(22)16-37(27)31(42)25(32)18-8-3-2-4-9-18/h2-6,8-9,11,13,15,17,19,22,24-27,34,38H,7,10,12,14,16,32H2,1H3,(H2,33,39)(H,35,41)(H,36,40)/t17-,19?,22?,24+,25+,26+,27+/m1/s1. The molecule has 8 N–H and O–H groups in total. The number of H-pyrrole nitrogens is 1. The predicted molar refractivity (Wildman–Crippen MR) is 156 cm³/mol. The SMILES string of the molecule is C[C@@H](O)[C@H](NC(=O)[C@H](Cc1c[nH]c2ccccc12)NC(=O)[C@@H]1C2CCCC2CN1C(=O)[C@@H](N)c1ccccc1)C(N)=O. The average Bonchev–Trinajstić information content (AvgIpc) is 3.69. The molecular formula is C31H38N6O5. The van der Waals surface area contributed by atoms with E-state index in [1.165, 1.54) is 6.92 Å². The molecule has 11 heteroatoms. The lowest BCUT2D eigenvalue weighted by molar-refractivity contribution is -0.141. The molecule has 11 nitrogen and oxygen atoms in total. The highest BCUT2D eigenvalue weighted by Gasteiger charge is 2.50. The fraction of sp³-hybridized carbons (Fsp3) is 0.419. The van der Waals surface area contributed by atoms with Crippen molar-refractivity contribution in [3.8, 4) is 0 Å². The summed E-state index contributed by atoms with van der Waals surface area (Å²) in [6.07, 6.45) is 3.29. The Morgan fingerprint density at radius 3 is 2.48 bits per heavy atom. The van der Waals surface area contributed by atoms with E-state index >= 15 is 0 Å². The van der Waals surface area contributed by atoms with Gasteiger partial charge in [0.1, 0.15) is 24.2 Å². The number of nitrogens with zero attached hydrogens (tertiary/aromatic N) is 1. The first-order chi connectivity index (χ1) is 20.2. The number of aliphatic hydroxyl groups excluding tert-OH is 1. The molecule has 5 rings (SSSR count). The van der Waals surface area contributed by atoms with Gasteiger partial charge < -0.3 is 37.1 Å². The van der Waals surface area contributed by atoms with E-state index < -0.39 is 48.0 Å². The zero-order valence-corrected chi connectivity index (χ0v) is 23.5. The molecule has 0 radical (unpaired) electrons. The summed E-state index contributed by atoms with van der Waals surface area (Å²) >= 11 is 0. The van der Waals surface area contributed by atoms with Gasteiger partial charge in [0.25, 0.3) is 0 Å². The van der Waals surface area contributed by atoms with Gasteiger partial charge in [0.05, 0.1) is 6.10 Å². The Bertz CT molecular complexity index is 1460. The summed E-state index contributed by atoms with van der Waals surface area (Å²) in [7, 11) is 0. The molecule has 2 fully saturated rings. The predicted octanol–water partition coefficient (Wildman–Crippen LogP) is 0.873. The van der Waals surface area contributed by atoms with Gasteiger partial charge in [-0.15, -0.1) is 0 Å². The third-order valence-electron chi connectivity index (χ3n) is 8.69. The molecule has 0 spiro atoms. The van der Waals surface area contributed by atoms with Crippen LogP contribution in [-0.4, -0.2) is 69.4 Å². The molecule has 2 aliphatic rings. The molecular weight excluding hydrogens is 536 g/mol. The van der Waals surface area contributed by atoms with Gasteiger partial charge in [0.15, 0.2) is 0 Å². The molecule has 2 heterocycles. The number of rotatable bonds is 10. The van der Waals surface area contributed by atoms with E-state index in [2.05, 4.69) is 15.6 Å². The van der Waals surface area contributed by atoms with Gasteiger partial charge in [-0.05, 0) is 48.8 Å². The molecule has 0 bridgehead atoms. The van der Waals surface area contributed by atoms with Crippen molar-refractivity contribution in [2.24, 2.45) is 23.3 Å². The van der Waals surface area contributed by atoms with Crippen LogP contribution in [-0.2, 0) is 25.6 Å². The number of aromatic amines is 1. The van der Waals surface area contributed by atoms with Gasteiger partial charge in [-0.25, -0.2) is 0 Å². The first kappa shape index (κ1) is 29.3. The summed E-state index contributed by atoms with van der Waals surface area (Å²) in [5.74, 6) is -2.24. The Hall–Kier alpha value is -4.22. The third-order valence-corrected chi connectivity index (χ3v) is 8.69. The van der Waals surface area contributed by atoms with Crippen molar-refractivity contribution in [1.29, 1.82) is 0 Å². The number of aliphatic hydroxyl groups is 1. The lowest BCUT2D eigenvalue weighted by Gasteiger charge is -2.31. The average molecular weight is 575 g/mol. The molecule has 2 unspecified atom stereocenters. The van der Waals surface area contributed by atoms with Crippen molar-refractivity contribution in [3.05, 3.63) is 71.9 Å². The van der Waals surface area contributed by atoms with Crippen LogP contribution in [0, 0.1) is 11.8 Å². The van der Waals surface area contributed by atoms with E-state index in [0.717, 1.165) is 35.7 Å². The van der Waals surface area contributed by atoms with Crippen LogP contribution in [0.3, 0.4) is 0 Å². The Kier molecular flexibility index (Phi) is 8.60. The molecule has 222 valence electrons. The Labute approximate surface area is 244 Å². The van der Waals surface area contributed by atoms with Crippen LogP contribution in [0.25, 0.3) is 10.9 Å². The number of hydrogen-bond donors (Lipinski definition) is 6. The molecule has 1 aliphatic carbocycles. The van der Waals surface area contributed by atoms with E-state index in [-0.39, 0.29) is 24.2 Å². The fourth-order valence-electron chi connectivity index (χ4n) is 6.52. The zero-order chi connectivity index (χ0) is 30.0. The molecule has 4 amide bonds. The lowest BCUT2D eigenvalue weighted by Crippen LogP contribution is -2.59. The van der Waals surface area contributed by atoms with Gasteiger partial charge in [-0.1, -0.05) is 55.0 Å². The topological polar surface area (TPSA) is 184 Å². The second kappa shape index (κ2) is 12.3. The second-order valence-corrected chi connectivity index (χ2v) is 11.4. The Morgan fingerprint density at radius 1 is 1.05 bits per heavy atom. The first-order valence-corrected chi connectivity index (χ1v) is 14.4. The van der Waals surface area contributed by atoms with Crippen molar-refractivity contribution in [3.63, 3.8) is 0 Å².